The van der Waals surface area contributed by atoms with Crippen LogP contribution in [0.3, 0.4) is 0 Å². The molecule has 2 aromatic rings. The van der Waals surface area contributed by atoms with E-state index < -0.39 is 0 Å². The largest absolute Gasteiger partial charge is 0.352 e. The van der Waals surface area contributed by atoms with Gasteiger partial charge in [0.05, 0.1) is 5.52 Å². The number of carbonyl (C=O) groups excluding carboxylic acids is 1. The van der Waals surface area contributed by atoms with Crippen LogP contribution in [0.4, 0.5) is 0 Å². The SMILES string of the molecule is CCc1cccc2ccn(CC(=O)NC3CC3)c12. The number of nitrogens with zero attached hydrogens (tertiary/aromatic N) is 1. The number of para-hydroxylation sites is 1. The van der Waals surface area contributed by atoms with Crippen LogP contribution in [-0.4, -0.2) is 16.5 Å². The summed E-state index contributed by atoms with van der Waals surface area (Å²) in [7, 11) is 0. The van der Waals surface area contributed by atoms with Crippen LogP contribution < -0.4 is 5.32 Å². The molecule has 1 saturated carbocycles. The third-order valence-electron chi connectivity index (χ3n) is 3.51. The van der Waals surface area contributed by atoms with Crippen LogP contribution >= 0.6 is 0 Å². The number of carbonyl (C=O) groups is 1. The molecule has 1 aromatic carbocycles. The van der Waals surface area contributed by atoms with Crippen molar-refractivity contribution < 1.29 is 4.79 Å². The number of amides is 1. The topological polar surface area (TPSA) is 34.0 Å². The predicted octanol–water partition coefficient (Wildman–Crippen LogP) is 2.48. The van der Waals surface area contributed by atoms with E-state index in [2.05, 4.69) is 41.1 Å². The molecule has 1 fully saturated rings. The van der Waals surface area contributed by atoms with Crippen molar-refractivity contribution in [2.24, 2.45) is 0 Å². The number of fused-ring (bicyclic) bond motifs is 1. The zero-order valence-corrected chi connectivity index (χ0v) is 10.6. The highest BCUT2D eigenvalue weighted by Crippen LogP contribution is 2.21. The summed E-state index contributed by atoms with van der Waals surface area (Å²) < 4.78 is 2.06. The Morgan fingerprint density at radius 1 is 1.39 bits per heavy atom. The van der Waals surface area contributed by atoms with E-state index >= 15 is 0 Å². The Labute approximate surface area is 107 Å². The molecule has 3 rings (SSSR count). The molecule has 1 aliphatic rings. The van der Waals surface area contributed by atoms with Crippen molar-refractivity contribution >= 4 is 16.8 Å². The smallest absolute Gasteiger partial charge is 0.240 e. The van der Waals surface area contributed by atoms with E-state index in [4.69, 9.17) is 0 Å². The van der Waals surface area contributed by atoms with E-state index in [0.717, 1.165) is 19.3 Å². The Morgan fingerprint density at radius 2 is 2.22 bits per heavy atom. The minimum atomic E-state index is 0.126. The molecule has 0 atom stereocenters. The lowest BCUT2D eigenvalue weighted by atomic mass is 10.1. The summed E-state index contributed by atoms with van der Waals surface area (Å²) in [5, 5.41) is 4.25. The Balaban J connectivity index is 1.88. The lowest BCUT2D eigenvalue weighted by Crippen LogP contribution is -2.29. The average molecular weight is 242 g/mol. The molecular weight excluding hydrogens is 224 g/mol. The van der Waals surface area contributed by atoms with Gasteiger partial charge in [0.1, 0.15) is 6.54 Å². The maximum atomic E-state index is 11.9. The van der Waals surface area contributed by atoms with Crippen molar-refractivity contribution in [2.45, 2.75) is 38.8 Å². The maximum Gasteiger partial charge on any atom is 0.240 e. The van der Waals surface area contributed by atoms with E-state index in [1.807, 2.05) is 6.20 Å². The van der Waals surface area contributed by atoms with Gasteiger partial charge in [-0.25, -0.2) is 0 Å². The zero-order chi connectivity index (χ0) is 12.5. The van der Waals surface area contributed by atoms with Crippen LogP contribution in [0.15, 0.2) is 30.5 Å². The summed E-state index contributed by atoms with van der Waals surface area (Å²) in [5.74, 6) is 0.126. The molecule has 1 aromatic heterocycles. The van der Waals surface area contributed by atoms with E-state index in [-0.39, 0.29) is 5.91 Å². The summed E-state index contributed by atoms with van der Waals surface area (Å²) >= 11 is 0. The molecule has 3 heteroatoms. The Kier molecular flexibility index (Phi) is 2.82. The molecule has 1 heterocycles. The lowest BCUT2D eigenvalue weighted by Gasteiger charge is -2.09. The molecule has 0 radical (unpaired) electrons. The van der Waals surface area contributed by atoms with Crippen LogP contribution in [0, 0.1) is 0 Å². The van der Waals surface area contributed by atoms with Crippen molar-refractivity contribution in [2.75, 3.05) is 0 Å². The van der Waals surface area contributed by atoms with Gasteiger partial charge in [-0.2, -0.15) is 0 Å². The number of hydrogen-bond acceptors (Lipinski definition) is 1. The number of hydrogen-bond donors (Lipinski definition) is 1. The van der Waals surface area contributed by atoms with Gasteiger partial charge in [0.2, 0.25) is 5.91 Å². The van der Waals surface area contributed by atoms with Crippen LogP contribution in [0.5, 0.6) is 0 Å². The predicted molar refractivity (Wildman–Crippen MR) is 72.5 cm³/mol. The molecule has 18 heavy (non-hydrogen) atoms. The minimum Gasteiger partial charge on any atom is -0.352 e. The summed E-state index contributed by atoms with van der Waals surface area (Å²) in [6.07, 6.45) is 5.28. The maximum absolute atomic E-state index is 11.9. The van der Waals surface area contributed by atoms with Gasteiger partial charge in [-0.05, 0) is 36.3 Å². The van der Waals surface area contributed by atoms with Gasteiger partial charge in [0.25, 0.3) is 0 Å². The number of nitrogens with one attached hydrogen (secondary N) is 1. The molecule has 94 valence electrons. The number of benzene rings is 1. The van der Waals surface area contributed by atoms with Crippen LogP contribution in [0.1, 0.15) is 25.3 Å². The van der Waals surface area contributed by atoms with E-state index in [9.17, 15) is 4.79 Å². The summed E-state index contributed by atoms with van der Waals surface area (Å²) in [5.41, 5.74) is 2.50. The molecule has 1 amide bonds. The second-order valence-electron chi connectivity index (χ2n) is 4.99. The van der Waals surface area contributed by atoms with Crippen LogP contribution in [0.2, 0.25) is 0 Å². The second-order valence-corrected chi connectivity index (χ2v) is 4.99. The van der Waals surface area contributed by atoms with Crippen molar-refractivity contribution in [3.05, 3.63) is 36.0 Å². The summed E-state index contributed by atoms with van der Waals surface area (Å²) in [6.45, 7) is 2.58. The molecule has 0 unspecified atom stereocenters. The molecule has 0 spiro atoms. The first kappa shape index (κ1) is 11.3. The normalized spacial score (nSPS) is 14.9. The Morgan fingerprint density at radius 3 is 2.94 bits per heavy atom. The minimum absolute atomic E-state index is 0.126. The molecule has 1 aliphatic carbocycles. The molecule has 0 aliphatic heterocycles. The third kappa shape index (κ3) is 2.13. The first-order valence-electron chi connectivity index (χ1n) is 6.64. The second kappa shape index (κ2) is 4.48. The van der Waals surface area contributed by atoms with Crippen molar-refractivity contribution in [1.29, 1.82) is 0 Å². The summed E-state index contributed by atoms with van der Waals surface area (Å²) in [6, 6.07) is 8.83. The molecule has 0 saturated heterocycles. The van der Waals surface area contributed by atoms with Gasteiger partial charge in [0.15, 0.2) is 0 Å². The van der Waals surface area contributed by atoms with Gasteiger partial charge >= 0.3 is 0 Å². The number of rotatable bonds is 4. The third-order valence-corrected chi connectivity index (χ3v) is 3.51. The van der Waals surface area contributed by atoms with Crippen molar-refractivity contribution in [3.8, 4) is 0 Å². The van der Waals surface area contributed by atoms with Gasteiger partial charge in [-0.3, -0.25) is 4.79 Å². The lowest BCUT2D eigenvalue weighted by molar-refractivity contribution is -0.121. The number of aromatic nitrogens is 1. The molecule has 1 N–H and O–H groups in total. The van der Waals surface area contributed by atoms with E-state index in [1.165, 1.54) is 16.5 Å². The molecular formula is C15H18N2O. The van der Waals surface area contributed by atoms with Crippen LogP contribution in [-0.2, 0) is 17.8 Å². The van der Waals surface area contributed by atoms with Crippen molar-refractivity contribution in [1.82, 2.24) is 9.88 Å². The fourth-order valence-electron chi connectivity index (χ4n) is 2.41. The summed E-state index contributed by atoms with van der Waals surface area (Å²) in [4.78, 5) is 11.9. The van der Waals surface area contributed by atoms with Gasteiger partial charge in [-0.1, -0.05) is 25.1 Å². The fourth-order valence-corrected chi connectivity index (χ4v) is 2.41. The highest BCUT2D eigenvalue weighted by molar-refractivity contribution is 5.85. The standard InChI is InChI=1S/C15H18N2O/c1-2-11-4-3-5-12-8-9-17(15(11)12)10-14(18)16-13-6-7-13/h3-5,8-9,13H,2,6-7,10H2,1H3,(H,16,18). The average Bonchev–Trinajstić information content (AvgIpc) is 3.09. The van der Waals surface area contributed by atoms with Crippen LogP contribution in [0.25, 0.3) is 10.9 Å². The monoisotopic (exact) mass is 242 g/mol. The van der Waals surface area contributed by atoms with Gasteiger partial charge in [0, 0.05) is 12.2 Å². The first-order chi connectivity index (χ1) is 8.78. The van der Waals surface area contributed by atoms with Gasteiger partial charge in [-0.15, -0.1) is 0 Å². The first-order valence-corrected chi connectivity index (χ1v) is 6.64. The van der Waals surface area contributed by atoms with Gasteiger partial charge < -0.3 is 9.88 Å². The highest BCUT2D eigenvalue weighted by atomic mass is 16.2. The zero-order valence-electron chi connectivity index (χ0n) is 10.6. The van der Waals surface area contributed by atoms with Crippen molar-refractivity contribution in [3.63, 3.8) is 0 Å². The van der Waals surface area contributed by atoms with E-state index in [0.29, 0.717) is 12.6 Å². The fraction of sp³-hybridized carbons (Fsp3) is 0.400. The number of aryl methyl sites for hydroxylation is 1. The van der Waals surface area contributed by atoms with E-state index in [1.54, 1.807) is 0 Å². The quantitative estimate of drug-likeness (QED) is 0.878. The Hall–Kier alpha value is -1.77. The molecule has 0 bridgehead atoms. The highest BCUT2D eigenvalue weighted by Gasteiger charge is 2.23. The Bertz CT molecular complexity index is 581. The molecule has 3 nitrogen and oxygen atoms in total.